The fourth-order valence-electron chi connectivity index (χ4n) is 6.84. The smallest absolute Gasteiger partial charge is 0.0548 e. The first-order chi connectivity index (χ1) is 10.7. The van der Waals surface area contributed by atoms with Crippen LogP contribution in [0.15, 0.2) is 18.2 Å². The summed E-state index contributed by atoms with van der Waals surface area (Å²) < 4.78 is 0. The van der Waals surface area contributed by atoms with Crippen LogP contribution in [0.3, 0.4) is 0 Å². The topological polar surface area (TPSA) is 20.2 Å². The van der Waals surface area contributed by atoms with Crippen molar-refractivity contribution in [3.05, 3.63) is 34.9 Å². The number of benzene rings is 1. The molecule has 0 radical (unpaired) electrons. The van der Waals surface area contributed by atoms with Crippen LogP contribution in [0.1, 0.15) is 76.5 Å². The maximum Gasteiger partial charge on any atom is 0.0548 e. The van der Waals surface area contributed by atoms with Crippen LogP contribution < -0.4 is 0 Å². The van der Waals surface area contributed by atoms with Crippen molar-refractivity contribution >= 4 is 0 Å². The molecule has 4 atom stereocenters. The van der Waals surface area contributed by atoms with Crippen molar-refractivity contribution < 1.29 is 5.11 Å². The molecule has 3 aliphatic rings. The fourth-order valence-corrected chi connectivity index (χ4v) is 6.84. The lowest BCUT2D eigenvalue weighted by Crippen LogP contribution is -2.44. The Morgan fingerprint density at radius 2 is 1.78 bits per heavy atom. The van der Waals surface area contributed by atoms with Crippen molar-refractivity contribution in [3.8, 4) is 0 Å². The molecule has 1 aromatic carbocycles. The summed E-state index contributed by atoms with van der Waals surface area (Å²) in [4.78, 5) is 0. The largest absolute Gasteiger partial charge is 0.393 e. The first kappa shape index (κ1) is 15.7. The lowest BCUT2D eigenvalue weighted by molar-refractivity contribution is -0.0223. The SMILES string of the molecule is Cc1ccc2c(c1)C1(CCC3C1CC(O)CC3(C)C)CC2(C)C. The second-order valence-electron chi connectivity index (χ2n) is 10.1. The molecule has 0 aromatic heterocycles. The third-order valence-electron chi connectivity index (χ3n) is 7.59. The van der Waals surface area contributed by atoms with E-state index in [0.29, 0.717) is 11.3 Å². The minimum Gasteiger partial charge on any atom is -0.393 e. The first-order valence-corrected chi connectivity index (χ1v) is 9.45. The van der Waals surface area contributed by atoms with Crippen LogP contribution in [0.2, 0.25) is 0 Å². The van der Waals surface area contributed by atoms with Crippen molar-refractivity contribution in [3.63, 3.8) is 0 Å². The highest BCUT2D eigenvalue weighted by Gasteiger charge is 2.60. The molecule has 0 heterocycles. The van der Waals surface area contributed by atoms with E-state index in [0.717, 1.165) is 18.8 Å². The number of rotatable bonds is 0. The van der Waals surface area contributed by atoms with Gasteiger partial charge in [0.1, 0.15) is 0 Å². The fraction of sp³-hybridized carbons (Fsp3) is 0.727. The van der Waals surface area contributed by atoms with Gasteiger partial charge in [-0.1, -0.05) is 51.5 Å². The Morgan fingerprint density at radius 1 is 1.04 bits per heavy atom. The monoisotopic (exact) mass is 312 g/mol. The van der Waals surface area contributed by atoms with Crippen LogP contribution in [0, 0.1) is 24.2 Å². The summed E-state index contributed by atoms with van der Waals surface area (Å²) in [5, 5.41) is 10.6. The molecule has 4 rings (SSSR count). The Hall–Kier alpha value is -0.820. The van der Waals surface area contributed by atoms with Crippen LogP contribution in [-0.2, 0) is 10.8 Å². The molecule has 1 N–H and O–H groups in total. The zero-order chi connectivity index (χ0) is 16.6. The second-order valence-corrected chi connectivity index (χ2v) is 10.1. The van der Waals surface area contributed by atoms with Gasteiger partial charge in [0.05, 0.1) is 6.10 Å². The lowest BCUT2D eigenvalue weighted by atomic mass is 9.58. The molecule has 1 spiro atoms. The van der Waals surface area contributed by atoms with E-state index in [-0.39, 0.29) is 16.9 Å². The molecule has 0 aliphatic heterocycles. The van der Waals surface area contributed by atoms with Gasteiger partial charge >= 0.3 is 0 Å². The highest BCUT2D eigenvalue weighted by atomic mass is 16.3. The molecule has 0 bridgehead atoms. The summed E-state index contributed by atoms with van der Waals surface area (Å²) >= 11 is 0. The molecule has 1 heteroatoms. The minimum absolute atomic E-state index is 0.113. The van der Waals surface area contributed by atoms with E-state index in [4.69, 9.17) is 0 Å². The summed E-state index contributed by atoms with van der Waals surface area (Å²) in [6.07, 6.45) is 5.80. The Kier molecular flexibility index (Phi) is 3.16. The van der Waals surface area contributed by atoms with Gasteiger partial charge in [-0.05, 0) is 78.2 Å². The van der Waals surface area contributed by atoms with E-state index >= 15 is 0 Å². The predicted molar refractivity (Wildman–Crippen MR) is 95.7 cm³/mol. The molecule has 2 saturated carbocycles. The Balaban J connectivity index is 1.86. The summed E-state index contributed by atoms with van der Waals surface area (Å²) in [6, 6.07) is 7.14. The molecule has 3 aliphatic carbocycles. The van der Waals surface area contributed by atoms with Crippen molar-refractivity contribution in [1.82, 2.24) is 0 Å². The second kappa shape index (κ2) is 4.63. The van der Waals surface area contributed by atoms with Crippen LogP contribution in [0.4, 0.5) is 0 Å². The summed E-state index contributed by atoms with van der Waals surface area (Å²) in [7, 11) is 0. The van der Waals surface area contributed by atoms with Crippen molar-refractivity contribution in [2.75, 3.05) is 0 Å². The Bertz CT molecular complexity index is 641. The van der Waals surface area contributed by atoms with Crippen molar-refractivity contribution in [2.45, 2.75) is 83.7 Å². The normalized spacial score (nSPS) is 40.2. The van der Waals surface area contributed by atoms with Gasteiger partial charge in [-0.3, -0.25) is 0 Å². The van der Waals surface area contributed by atoms with E-state index in [2.05, 4.69) is 52.8 Å². The van der Waals surface area contributed by atoms with Gasteiger partial charge < -0.3 is 5.11 Å². The predicted octanol–water partition coefficient (Wildman–Crippen LogP) is 5.12. The van der Waals surface area contributed by atoms with E-state index < -0.39 is 0 Å². The van der Waals surface area contributed by atoms with Crippen molar-refractivity contribution in [2.24, 2.45) is 17.3 Å². The highest BCUT2D eigenvalue weighted by molar-refractivity contribution is 5.49. The number of aliphatic hydroxyl groups is 1. The summed E-state index contributed by atoms with van der Waals surface area (Å²) in [6.45, 7) is 11.9. The van der Waals surface area contributed by atoms with Crippen LogP contribution in [0.5, 0.6) is 0 Å². The van der Waals surface area contributed by atoms with Gasteiger partial charge in [-0.15, -0.1) is 0 Å². The molecular formula is C22H32O. The molecule has 0 saturated heterocycles. The maximum atomic E-state index is 10.6. The average molecular weight is 312 g/mol. The van der Waals surface area contributed by atoms with Gasteiger partial charge in [-0.2, -0.15) is 0 Å². The summed E-state index contributed by atoms with van der Waals surface area (Å²) in [5.41, 5.74) is 5.45. The van der Waals surface area contributed by atoms with E-state index in [1.54, 1.807) is 11.1 Å². The number of aliphatic hydroxyl groups excluding tert-OH is 1. The zero-order valence-electron chi connectivity index (χ0n) is 15.4. The van der Waals surface area contributed by atoms with E-state index in [9.17, 15) is 5.11 Å². The van der Waals surface area contributed by atoms with Crippen LogP contribution >= 0.6 is 0 Å². The third-order valence-corrected chi connectivity index (χ3v) is 7.59. The van der Waals surface area contributed by atoms with Crippen LogP contribution in [0.25, 0.3) is 0 Å². The zero-order valence-corrected chi connectivity index (χ0v) is 15.4. The highest BCUT2D eigenvalue weighted by Crippen LogP contribution is 2.66. The first-order valence-electron chi connectivity index (χ1n) is 9.45. The molecule has 0 amide bonds. The molecule has 23 heavy (non-hydrogen) atoms. The minimum atomic E-state index is -0.113. The van der Waals surface area contributed by atoms with Gasteiger partial charge in [0.15, 0.2) is 0 Å². The number of hydrogen-bond donors (Lipinski definition) is 1. The third kappa shape index (κ3) is 2.08. The maximum absolute atomic E-state index is 10.6. The number of hydrogen-bond acceptors (Lipinski definition) is 1. The van der Waals surface area contributed by atoms with E-state index in [1.807, 2.05) is 0 Å². The lowest BCUT2D eigenvalue weighted by Gasteiger charge is -2.48. The Labute approximate surface area is 141 Å². The molecule has 126 valence electrons. The number of fused-ring (bicyclic) bond motifs is 4. The molecule has 4 unspecified atom stereocenters. The molecular weight excluding hydrogens is 280 g/mol. The summed E-state index contributed by atoms with van der Waals surface area (Å²) in [5.74, 6) is 1.43. The Morgan fingerprint density at radius 3 is 2.52 bits per heavy atom. The van der Waals surface area contributed by atoms with Crippen LogP contribution in [-0.4, -0.2) is 11.2 Å². The average Bonchev–Trinajstić information content (AvgIpc) is 2.87. The quantitative estimate of drug-likeness (QED) is 0.705. The number of aryl methyl sites for hydroxylation is 1. The molecule has 1 nitrogen and oxygen atoms in total. The van der Waals surface area contributed by atoms with Gasteiger partial charge in [-0.25, -0.2) is 0 Å². The van der Waals surface area contributed by atoms with Crippen molar-refractivity contribution in [1.29, 1.82) is 0 Å². The van der Waals surface area contributed by atoms with Gasteiger partial charge in [0.2, 0.25) is 0 Å². The standard InChI is InChI=1S/C22H32O/c1-14-6-7-16-18(10-14)22(13-21(16,4)5)9-8-17-19(22)11-15(23)12-20(17,2)3/h6-7,10,15,17,19,23H,8-9,11-13H2,1-5H3. The van der Waals surface area contributed by atoms with Gasteiger partial charge in [0.25, 0.3) is 0 Å². The van der Waals surface area contributed by atoms with E-state index in [1.165, 1.54) is 24.8 Å². The van der Waals surface area contributed by atoms with Gasteiger partial charge in [0, 0.05) is 0 Å². The molecule has 2 fully saturated rings. The molecule has 1 aromatic rings.